The molecule has 138 valence electrons. The first-order chi connectivity index (χ1) is 12.6. The Bertz CT molecular complexity index is 819. The molecule has 0 bridgehead atoms. The lowest BCUT2D eigenvalue weighted by Crippen LogP contribution is -2.34. The molecule has 2 aromatic rings. The molecule has 0 spiro atoms. The van der Waals surface area contributed by atoms with Gasteiger partial charge in [-0.25, -0.2) is 0 Å². The van der Waals surface area contributed by atoms with E-state index in [0.29, 0.717) is 19.5 Å². The maximum Gasteiger partial charge on any atom is 0.250 e. The van der Waals surface area contributed by atoms with Crippen LogP contribution in [0.25, 0.3) is 0 Å². The highest BCUT2D eigenvalue weighted by molar-refractivity contribution is 9.10. The maximum atomic E-state index is 12.0. The number of hydrogen-bond donors (Lipinski definition) is 1. The van der Waals surface area contributed by atoms with E-state index in [0.717, 1.165) is 36.9 Å². The van der Waals surface area contributed by atoms with Gasteiger partial charge in [0, 0.05) is 55.9 Å². The van der Waals surface area contributed by atoms with Crippen LogP contribution in [0, 0.1) is 0 Å². The Balaban J connectivity index is 1.34. The van der Waals surface area contributed by atoms with Gasteiger partial charge in [-0.15, -0.1) is 0 Å². The average molecular weight is 418 g/mol. The van der Waals surface area contributed by atoms with Crippen LogP contribution in [-0.2, 0) is 24.3 Å². The number of pyridine rings is 1. The molecule has 1 aliphatic rings. The lowest BCUT2D eigenvalue weighted by Gasteiger charge is -2.28. The third kappa shape index (κ3) is 5.29. The van der Waals surface area contributed by atoms with Crippen molar-refractivity contribution in [3.63, 3.8) is 0 Å². The van der Waals surface area contributed by atoms with Crippen molar-refractivity contribution in [1.29, 1.82) is 0 Å². The van der Waals surface area contributed by atoms with Gasteiger partial charge in [-0.1, -0.05) is 24.3 Å². The van der Waals surface area contributed by atoms with Crippen LogP contribution in [-0.4, -0.2) is 35.0 Å². The summed E-state index contributed by atoms with van der Waals surface area (Å²) in [5.74, 6) is -0.0131. The summed E-state index contributed by atoms with van der Waals surface area (Å²) in [6.45, 7) is 4.13. The largest absolute Gasteiger partial charge is 0.356 e. The summed E-state index contributed by atoms with van der Waals surface area (Å²) in [7, 11) is 0. The second-order valence-corrected chi connectivity index (χ2v) is 7.54. The molecule has 2 heterocycles. The van der Waals surface area contributed by atoms with E-state index in [1.165, 1.54) is 17.2 Å². The molecule has 0 saturated carbocycles. The van der Waals surface area contributed by atoms with Gasteiger partial charge in [-0.3, -0.25) is 14.5 Å². The number of hydrogen-bond acceptors (Lipinski definition) is 3. The summed E-state index contributed by atoms with van der Waals surface area (Å²) in [5, 5.41) is 2.95. The van der Waals surface area contributed by atoms with E-state index in [1.807, 2.05) is 0 Å². The lowest BCUT2D eigenvalue weighted by molar-refractivity contribution is -0.121. The number of nitrogens with one attached hydrogen (secondary N) is 1. The molecule has 0 radical (unpaired) electrons. The average Bonchev–Trinajstić information content (AvgIpc) is 2.66. The standard InChI is InChI=1S/C20H24BrN3O2/c21-18-6-7-20(26)24(15-18)13-9-19(25)22-10-3-11-23-12-8-16-4-1-2-5-17(16)14-23/h1-2,4-7,15H,3,8-14H2,(H,22,25). The van der Waals surface area contributed by atoms with Crippen molar-refractivity contribution < 1.29 is 4.79 Å². The van der Waals surface area contributed by atoms with Crippen LogP contribution in [0.15, 0.2) is 51.9 Å². The molecule has 0 saturated heterocycles. The number of rotatable bonds is 7. The van der Waals surface area contributed by atoms with Crippen molar-refractivity contribution >= 4 is 21.8 Å². The molecule has 0 aliphatic carbocycles. The van der Waals surface area contributed by atoms with Gasteiger partial charge in [0.25, 0.3) is 5.56 Å². The van der Waals surface area contributed by atoms with Crippen molar-refractivity contribution in [2.24, 2.45) is 0 Å². The molecule has 1 aliphatic heterocycles. The highest BCUT2D eigenvalue weighted by atomic mass is 79.9. The topological polar surface area (TPSA) is 54.3 Å². The number of nitrogens with zero attached hydrogens (tertiary/aromatic N) is 2. The first-order valence-electron chi connectivity index (χ1n) is 9.03. The summed E-state index contributed by atoms with van der Waals surface area (Å²) in [5.41, 5.74) is 2.79. The molecular formula is C20H24BrN3O2. The molecular weight excluding hydrogens is 394 g/mol. The Hall–Kier alpha value is -1.92. The van der Waals surface area contributed by atoms with Crippen LogP contribution >= 0.6 is 15.9 Å². The van der Waals surface area contributed by atoms with Crippen LogP contribution in [0.4, 0.5) is 0 Å². The lowest BCUT2D eigenvalue weighted by atomic mass is 10.00. The molecule has 0 atom stereocenters. The van der Waals surface area contributed by atoms with Gasteiger partial charge in [0.1, 0.15) is 0 Å². The summed E-state index contributed by atoms with van der Waals surface area (Å²) >= 11 is 3.34. The fourth-order valence-corrected chi connectivity index (χ4v) is 3.64. The van der Waals surface area contributed by atoms with E-state index in [1.54, 1.807) is 16.8 Å². The Morgan fingerprint density at radius 3 is 2.77 bits per heavy atom. The van der Waals surface area contributed by atoms with E-state index in [-0.39, 0.29) is 11.5 Å². The monoisotopic (exact) mass is 417 g/mol. The zero-order valence-corrected chi connectivity index (χ0v) is 16.4. The van der Waals surface area contributed by atoms with Crippen LogP contribution < -0.4 is 10.9 Å². The number of halogens is 1. The number of carbonyl (C=O) groups excluding carboxylic acids is 1. The second-order valence-electron chi connectivity index (χ2n) is 6.63. The van der Waals surface area contributed by atoms with Crippen molar-refractivity contribution in [2.45, 2.75) is 32.4 Å². The number of carbonyl (C=O) groups is 1. The molecule has 1 N–H and O–H groups in total. The third-order valence-corrected chi connectivity index (χ3v) is 5.18. The normalized spacial score (nSPS) is 14.0. The fourth-order valence-electron chi connectivity index (χ4n) is 3.26. The van der Waals surface area contributed by atoms with E-state index in [9.17, 15) is 9.59 Å². The molecule has 6 heteroatoms. The van der Waals surface area contributed by atoms with Gasteiger partial charge in [0.05, 0.1) is 0 Å². The smallest absolute Gasteiger partial charge is 0.250 e. The molecule has 1 amide bonds. The van der Waals surface area contributed by atoms with E-state index >= 15 is 0 Å². The number of aryl methyl sites for hydroxylation is 1. The Morgan fingerprint density at radius 2 is 1.92 bits per heavy atom. The number of aromatic nitrogens is 1. The van der Waals surface area contributed by atoms with Crippen LogP contribution in [0.5, 0.6) is 0 Å². The van der Waals surface area contributed by atoms with Crippen molar-refractivity contribution in [1.82, 2.24) is 14.8 Å². The molecule has 1 aromatic heterocycles. The van der Waals surface area contributed by atoms with Crippen LogP contribution in [0.3, 0.4) is 0 Å². The summed E-state index contributed by atoms with van der Waals surface area (Å²) < 4.78 is 2.38. The number of amides is 1. The fraction of sp³-hybridized carbons (Fsp3) is 0.400. The Morgan fingerprint density at radius 1 is 1.12 bits per heavy atom. The van der Waals surface area contributed by atoms with E-state index in [2.05, 4.69) is 50.4 Å². The Kier molecular flexibility index (Phi) is 6.63. The molecule has 1 aromatic carbocycles. The van der Waals surface area contributed by atoms with Crippen LogP contribution in [0.2, 0.25) is 0 Å². The Labute approximate surface area is 162 Å². The first kappa shape index (κ1) is 18.9. The van der Waals surface area contributed by atoms with E-state index < -0.39 is 0 Å². The van der Waals surface area contributed by atoms with Crippen LogP contribution in [0.1, 0.15) is 24.0 Å². The van der Waals surface area contributed by atoms with E-state index in [4.69, 9.17) is 0 Å². The third-order valence-electron chi connectivity index (χ3n) is 4.71. The first-order valence-corrected chi connectivity index (χ1v) is 9.83. The van der Waals surface area contributed by atoms with Crippen molar-refractivity contribution in [2.75, 3.05) is 19.6 Å². The minimum Gasteiger partial charge on any atom is -0.356 e. The second kappa shape index (κ2) is 9.14. The molecule has 3 rings (SSSR count). The maximum absolute atomic E-state index is 12.0. The van der Waals surface area contributed by atoms with Gasteiger partial charge in [-0.2, -0.15) is 0 Å². The predicted molar refractivity (Wildman–Crippen MR) is 106 cm³/mol. The zero-order chi connectivity index (χ0) is 18.4. The minimum absolute atomic E-state index is 0.0131. The molecule has 5 nitrogen and oxygen atoms in total. The number of benzene rings is 1. The quantitative estimate of drug-likeness (QED) is 0.704. The highest BCUT2D eigenvalue weighted by Crippen LogP contribution is 2.18. The summed E-state index contributed by atoms with van der Waals surface area (Å²) in [6.07, 6.45) is 4.06. The number of fused-ring (bicyclic) bond motifs is 1. The molecule has 0 unspecified atom stereocenters. The summed E-state index contributed by atoms with van der Waals surface area (Å²) in [4.78, 5) is 26.1. The van der Waals surface area contributed by atoms with Gasteiger partial charge >= 0.3 is 0 Å². The van der Waals surface area contributed by atoms with Gasteiger partial charge in [0.2, 0.25) is 5.91 Å². The zero-order valence-electron chi connectivity index (χ0n) is 14.8. The SMILES string of the molecule is O=C(CCn1cc(Br)ccc1=O)NCCCN1CCc2ccccc2C1. The van der Waals surface area contributed by atoms with Gasteiger partial charge in [-0.05, 0) is 46.0 Å². The van der Waals surface area contributed by atoms with Crippen molar-refractivity contribution in [3.05, 3.63) is 68.5 Å². The minimum atomic E-state index is -0.0913. The van der Waals surface area contributed by atoms with Gasteiger partial charge < -0.3 is 9.88 Å². The van der Waals surface area contributed by atoms with Gasteiger partial charge in [0.15, 0.2) is 0 Å². The molecule has 0 fully saturated rings. The predicted octanol–water partition coefficient (Wildman–Crippen LogP) is 2.57. The summed E-state index contributed by atoms with van der Waals surface area (Å²) in [6, 6.07) is 11.8. The molecule has 26 heavy (non-hydrogen) atoms. The highest BCUT2D eigenvalue weighted by Gasteiger charge is 2.14. The van der Waals surface area contributed by atoms with Crippen molar-refractivity contribution in [3.8, 4) is 0 Å².